The zero-order valence-electron chi connectivity index (χ0n) is 19.8. The predicted octanol–water partition coefficient (Wildman–Crippen LogP) is 2.85. The van der Waals surface area contributed by atoms with Crippen LogP contribution >= 0.6 is 0 Å². The third-order valence-electron chi connectivity index (χ3n) is 5.52. The van der Waals surface area contributed by atoms with Gasteiger partial charge in [0.1, 0.15) is 17.4 Å². The van der Waals surface area contributed by atoms with Crippen molar-refractivity contribution < 1.29 is 9.13 Å². The average Bonchev–Trinajstić information content (AvgIpc) is 2.85. The molecular formula is C25H35FN6O2. The first-order valence-electron chi connectivity index (χ1n) is 11.9. The maximum Gasteiger partial charge on any atom is 0.259 e. The van der Waals surface area contributed by atoms with Crippen molar-refractivity contribution in [1.29, 1.82) is 0 Å². The fraction of sp³-hybridized carbons (Fsp3) is 0.440. The lowest BCUT2D eigenvalue weighted by Gasteiger charge is -2.11. The molecule has 0 fully saturated rings. The molecule has 8 nitrogen and oxygen atoms in total. The van der Waals surface area contributed by atoms with Gasteiger partial charge in [0, 0.05) is 6.54 Å². The highest BCUT2D eigenvalue weighted by Gasteiger charge is 2.13. The third kappa shape index (κ3) is 7.24. The van der Waals surface area contributed by atoms with E-state index in [4.69, 9.17) is 10.5 Å². The molecule has 0 spiro atoms. The Morgan fingerprint density at radius 3 is 2.44 bits per heavy atom. The number of para-hydroxylation sites is 1. The maximum absolute atomic E-state index is 14.6. The van der Waals surface area contributed by atoms with Gasteiger partial charge in [0.15, 0.2) is 0 Å². The van der Waals surface area contributed by atoms with Gasteiger partial charge in [0.05, 0.1) is 29.3 Å². The first kappa shape index (κ1) is 25.6. The minimum Gasteiger partial charge on any atom is -0.496 e. The summed E-state index contributed by atoms with van der Waals surface area (Å²) in [5.74, 6) is 0.507. The normalized spacial score (nSPS) is 11.1. The smallest absolute Gasteiger partial charge is 0.259 e. The Hall–Kier alpha value is -3.01. The molecule has 0 bridgehead atoms. The molecule has 0 amide bonds. The van der Waals surface area contributed by atoms with Crippen molar-refractivity contribution in [3.63, 3.8) is 0 Å². The Kier molecular flexibility index (Phi) is 10.3. The number of hydrogen-bond acceptors (Lipinski definition) is 7. The number of benzene rings is 2. The first-order chi connectivity index (χ1) is 16.6. The van der Waals surface area contributed by atoms with Crippen LogP contribution in [0.2, 0.25) is 0 Å². The summed E-state index contributed by atoms with van der Waals surface area (Å²) < 4.78 is 19.9. The first-order valence-corrected chi connectivity index (χ1v) is 11.9. The van der Waals surface area contributed by atoms with E-state index in [-0.39, 0.29) is 5.39 Å². The number of anilines is 1. The fourth-order valence-electron chi connectivity index (χ4n) is 3.68. The molecule has 0 unspecified atom stereocenters. The summed E-state index contributed by atoms with van der Waals surface area (Å²) in [6.07, 6.45) is 4.10. The molecule has 34 heavy (non-hydrogen) atoms. The van der Waals surface area contributed by atoms with Crippen molar-refractivity contribution in [3.05, 3.63) is 52.6 Å². The molecule has 3 rings (SSSR count). The molecule has 2 aromatic carbocycles. The minimum absolute atomic E-state index is 0.209. The third-order valence-corrected chi connectivity index (χ3v) is 5.52. The number of hydrogen-bond donors (Lipinski definition) is 5. The number of unbranched alkanes of at least 4 members (excludes halogenated alkanes) is 1. The Morgan fingerprint density at radius 2 is 1.71 bits per heavy atom. The largest absolute Gasteiger partial charge is 0.496 e. The van der Waals surface area contributed by atoms with Gasteiger partial charge < -0.3 is 31.4 Å². The molecule has 6 N–H and O–H groups in total. The standard InChI is InChI=1S/C25H35FN6O2/c1-34-23-9-3-2-8-18(23)24-31-21-17-22(20(26)16-19(21)25(33)32-24)30-15-7-14-29-12-5-4-11-28-13-6-10-27/h2-3,8-9,16-17,28-30H,4-7,10-15,27H2,1H3,(H,31,32,33). The lowest BCUT2D eigenvalue weighted by molar-refractivity contribution is 0.416. The number of nitrogens with one attached hydrogen (secondary N) is 4. The van der Waals surface area contributed by atoms with E-state index in [1.165, 1.54) is 6.07 Å². The number of aromatic amines is 1. The predicted molar refractivity (Wildman–Crippen MR) is 136 cm³/mol. The van der Waals surface area contributed by atoms with Crippen LogP contribution in [0.3, 0.4) is 0 Å². The SMILES string of the molecule is COc1ccccc1-c1nc2cc(NCCCNCCCCNCCCN)c(F)cc2c(=O)[nH]1. The van der Waals surface area contributed by atoms with Gasteiger partial charge in [-0.25, -0.2) is 9.37 Å². The summed E-state index contributed by atoms with van der Waals surface area (Å²) >= 11 is 0. The van der Waals surface area contributed by atoms with E-state index in [0.29, 0.717) is 34.9 Å². The Bertz CT molecular complexity index is 1100. The van der Waals surface area contributed by atoms with Gasteiger partial charge in [0.2, 0.25) is 0 Å². The van der Waals surface area contributed by atoms with Crippen molar-refractivity contribution in [1.82, 2.24) is 20.6 Å². The van der Waals surface area contributed by atoms with E-state index in [1.54, 1.807) is 19.2 Å². The van der Waals surface area contributed by atoms with Gasteiger partial charge >= 0.3 is 0 Å². The molecule has 0 saturated heterocycles. The molecule has 1 heterocycles. The number of rotatable bonds is 15. The number of methoxy groups -OCH3 is 1. The van der Waals surface area contributed by atoms with Crippen LogP contribution in [0.5, 0.6) is 5.75 Å². The van der Waals surface area contributed by atoms with Crippen LogP contribution in [0, 0.1) is 5.82 Å². The van der Waals surface area contributed by atoms with E-state index in [9.17, 15) is 9.18 Å². The molecule has 0 aliphatic heterocycles. The van der Waals surface area contributed by atoms with Gasteiger partial charge in [-0.15, -0.1) is 0 Å². The molecular weight excluding hydrogens is 435 g/mol. The van der Waals surface area contributed by atoms with Crippen molar-refractivity contribution in [2.75, 3.05) is 51.7 Å². The van der Waals surface area contributed by atoms with Crippen LogP contribution < -0.4 is 32.0 Å². The van der Waals surface area contributed by atoms with Crippen LogP contribution in [-0.4, -0.2) is 56.3 Å². The number of aromatic nitrogens is 2. The molecule has 0 radical (unpaired) electrons. The van der Waals surface area contributed by atoms with Crippen molar-refractivity contribution in [2.45, 2.75) is 25.7 Å². The second-order valence-corrected chi connectivity index (χ2v) is 8.09. The van der Waals surface area contributed by atoms with E-state index >= 15 is 0 Å². The van der Waals surface area contributed by atoms with Gasteiger partial charge in [-0.05, 0) is 82.7 Å². The van der Waals surface area contributed by atoms with Gasteiger partial charge in [-0.1, -0.05) is 12.1 Å². The average molecular weight is 471 g/mol. The number of H-pyrrole nitrogens is 1. The van der Waals surface area contributed by atoms with Crippen molar-refractivity contribution in [2.24, 2.45) is 5.73 Å². The van der Waals surface area contributed by atoms with Gasteiger partial charge in [0.25, 0.3) is 5.56 Å². The number of ether oxygens (including phenoxy) is 1. The Balaban J connectivity index is 1.52. The second kappa shape index (κ2) is 13.6. The summed E-state index contributed by atoms with van der Waals surface area (Å²) in [5, 5.41) is 10.1. The second-order valence-electron chi connectivity index (χ2n) is 8.09. The zero-order valence-corrected chi connectivity index (χ0v) is 19.8. The Morgan fingerprint density at radius 1 is 1.00 bits per heavy atom. The topological polar surface area (TPSA) is 117 Å². The highest BCUT2D eigenvalue weighted by molar-refractivity contribution is 5.83. The number of halogens is 1. The van der Waals surface area contributed by atoms with Crippen LogP contribution in [0.25, 0.3) is 22.3 Å². The van der Waals surface area contributed by atoms with Crippen molar-refractivity contribution in [3.8, 4) is 17.1 Å². The van der Waals surface area contributed by atoms with E-state index < -0.39 is 11.4 Å². The number of nitrogens with zero attached hydrogens (tertiary/aromatic N) is 1. The monoisotopic (exact) mass is 470 g/mol. The lowest BCUT2D eigenvalue weighted by Crippen LogP contribution is -2.22. The summed E-state index contributed by atoms with van der Waals surface area (Å²) in [5.41, 5.74) is 6.50. The number of nitrogens with two attached hydrogens (primary N) is 1. The van der Waals surface area contributed by atoms with E-state index in [0.717, 1.165) is 58.4 Å². The van der Waals surface area contributed by atoms with Gasteiger partial charge in [-0.2, -0.15) is 0 Å². The molecule has 9 heteroatoms. The summed E-state index contributed by atoms with van der Waals surface area (Å²) in [6.45, 7) is 5.13. The molecule has 1 aromatic heterocycles. The fourth-order valence-corrected chi connectivity index (χ4v) is 3.68. The zero-order chi connectivity index (χ0) is 24.2. The maximum atomic E-state index is 14.6. The van der Waals surface area contributed by atoms with Gasteiger partial charge in [-0.3, -0.25) is 4.79 Å². The lowest BCUT2D eigenvalue weighted by atomic mass is 10.1. The van der Waals surface area contributed by atoms with E-state index in [2.05, 4.69) is 25.9 Å². The summed E-state index contributed by atoms with van der Waals surface area (Å²) in [4.78, 5) is 19.9. The highest BCUT2D eigenvalue weighted by atomic mass is 19.1. The minimum atomic E-state index is -0.472. The molecule has 0 aliphatic rings. The van der Waals surface area contributed by atoms with Crippen LogP contribution in [0.15, 0.2) is 41.2 Å². The Labute approximate surface area is 199 Å². The molecule has 184 valence electrons. The number of fused-ring (bicyclic) bond motifs is 1. The molecule has 3 aromatic rings. The van der Waals surface area contributed by atoms with Crippen LogP contribution in [0.4, 0.5) is 10.1 Å². The van der Waals surface area contributed by atoms with E-state index in [1.807, 2.05) is 18.2 Å². The van der Waals surface area contributed by atoms with Crippen LogP contribution in [-0.2, 0) is 0 Å². The van der Waals surface area contributed by atoms with Crippen LogP contribution in [0.1, 0.15) is 25.7 Å². The molecule has 0 saturated carbocycles. The molecule has 0 aliphatic carbocycles. The van der Waals surface area contributed by atoms with Crippen molar-refractivity contribution >= 4 is 16.6 Å². The summed E-state index contributed by atoms with van der Waals surface area (Å²) in [7, 11) is 1.56. The summed E-state index contributed by atoms with van der Waals surface area (Å²) in [6, 6.07) is 10.1. The highest BCUT2D eigenvalue weighted by Crippen LogP contribution is 2.28. The molecule has 0 atom stereocenters. The quantitative estimate of drug-likeness (QED) is 0.217.